The van der Waals surface area contributed by atoms with Gasteiger partial charge >= 0.3 is 0 Å². The lowest BCUT2D eigenvalue weighted by Gasteiger charge is -2.29. The van der Waals surface area contributed by atoms with Gasteiger partial charge in [0.15, 0.2) is 11.5 Å². The fraction of sp³-hybridized carbons (Fsp3) is 0.333. The van der Waals surface area contributed by atoms with Gasteiger partial charge < -0.3 is 18.7 Å². The van der Waals surface area contributed by atoms with Crippen LogP contribution in [0, 0.1) is 0 Å². The summed E-state index contributed by atoms with van der Waals surface area (Å²) in [6.07, 6.45) is 2.22. The molecule has 11 nitrogen and oxygen atoms in total. The molecule has 0 spiro atoms. The highest BCUT2D eigenvalue weighted by molar-refractivity contribution is 5.87. The van der Waals surface area contributed by atoms with Gasteiger partial charge in [-0.2, -0.15) is 10.1 Å². The van der Waals surface area contributed by atoms with Gasteiger partial charge in [0.05, 0.1) is 26.9 Å². The molecule has 1 fully saturated rings. The van der Waals surface area contributed by atoms with Crippen LogP contribution in [0.3, 0.4) is 0 Å². The second-order valence-electron chi connectivity index (χ2n) is 8.05. The zero-order valence-corrected chi connectivity index (χ0v) is 19.7. The molecule has 2 unspecified atom stereocenters. The maximum atomic E-state index is 13.1. The molecule has 3 heterocycles. The monoisotopic (exact) mass is 478 g/mol. The van der Waals surface area contributed by atoms with Crippen LogP contribution in [-0.2, 0) is 11.3 Å². The topological polar surface area (TPSA) is 115 Å². The lowest BCUT2D eigenvalue weighted by atomic mass is 10.0. The maximum Gasteiger partial charge on any atom is 0.267 e. The van der Waals surface area contributed by atoms with E-state index < -0.39 is 0 Å². The number of methoxy groups -OCH3 is 2. The number of nitrogens with one attached hydrogen (secondary N) is 1. The van der Waals surface area contributed by atoms with Crippen molar-refractivity contribution in [2.24, 2.45) is 5.10 Å². The first-order chi connectivity index (χ1) is 17.1. The Kier molecular flexibility index (Phi) is 6.23. The van der Waals surface area contributed by atoms with Crippen LogP contribution >= 0.6 is 0 Å². The zero-order valence-electron chi connectivity index (χ0n) is 19.7. The number of hydrazine groups is 1. The Hall–Kier alpha value is -4.12. The average Bonchev–Trinajstić information content (AvgIpc) is 3.54. The van der Waals surface area contributed by atoms with E-state index in [0.717, 1.165) is 11.3 Å². The predicted molar refractivity (Wildman–Crippen MR) is 126 cm³/mol. The number of ether oxygens (including phenoxy) is 3. The summed E-state index contributed by atoms with van der Waals surface area (Å²) >= 11 is 0. The number of amides is 1. The fourth-order valence-corrected chi connectivity index (χ4v) is 4.17. The Morgan fingerprint density at radius 3 is 2.66 bits per heavy atom. The predicted octanol–water partition coefficient (Wildman–Crippen LogP) is 2.76. The molecule has 1 N–H and O–H groups in total. The molecule has 1 saturated heterocycles. The number of carbonyl (C=O) groups is 1. The Labute approximate surface area is 202 Å². The third kappa shape index (κ3) is 4.50. The van der Waals surface area contributed by atoms with Gasteiger partial charge in [0.1, 0.15) is 24.7 Å². The summed E-state index contributed by atoms with van der Waals surface area (Å²) in [4.78, 5) is 17.6. The molecule has 0 saturated carbocycles. The van der Waals surface area contributed by atoms with Crippen molar-refractivity contribution in [1.82, 2.24) is 25.6 Å². The van der Waals surface area contributed by atoms with Gasteiger partial charge in [-0.05, 0) is 49.2 Å². The number of fused-ring (bicyclic) bond motifs is 1. The molecular weight excluding hydrogens is 452 g/mol. The number of nitrogens with zero attached hydrogens (tertiary/aromatic N) is 5. The number of carbonyl (C=O) groups excluding carboxylic acids is 1. The fourth-order valence-electron chi connectivity index (χ4n) is 4.17. The Morgan fingerprint density at radius 1 is 1.11 bits per heavy atom. The van der Waals surface area contributed by atoms with Crippen molar-refractivity contribution >= 4 is 12.2 Å². The number of rotatable bonds is 8. The minimum absolute atomic E-state index is 0.00825. The van der Waals surface area contributed by atoms with Gasteiger partial charge in [-0.15, -0.1) is 0 Å². The Bertz CT molecular complexity index is 1230. The highest BCUT2D eigenvalue weighted by atomic mass is 16.5. The molecule has 2 aliphatic rings. The Morgan fingerprint density at radius 2 is 1.91 bits per heavy atom. The zero-order chi connectivity index (χ0) is 24.4. The second-order valence-corrected chi connectivity index (χ2v) is 8.05. The van der Waals surface area contributed by atoms with Gasteiger partial charge in [0.2, 0.25) is 11.7 Å². The van der Waals surface area contributed by atoms with Crippen molar-refractivity contribution in [1.29, 1.82) is 0 Å². The molecule has 2 atom stereocenters. The summed E-state index contributed by atoms with van der Waals surface area (Å²) in [6, 6.07) is 12.8. The Balaban J connectivity index is 1.25. The SMILES string of the molecule is CCOc1ccc(C2CC3C(=O)N(Cc4nc(-c5ccc(OC)c(OC)c5)no4)N=CN3N2)cc1. The largest absolute Gasteiger partial charge is 0.494 e. The molecule has 0 aliphatic carbocycles. The van der Waals surface area contributed by atoms with Crippen molar-refractivity contribution in [2.45, 2.75) is 32.0 Å². The molecule has 1 aromatic heterocycles. The van der Waals surface area contributed by atoms with Gasteiger partial charge in [0, 0.05) is 5.56 Å². The van der Waals surface area contributed by atoms with Crippen LogP contribution in [-0.4, -0.2) is 59.3 Å². The third-order valence-corrected chi connectivity index (χ3v) is 5.94. The van der Waals surface area contributed by atoms with Gasteiger partial charge in [-0.1, -0.05) is 17.3 Å². The van der Waals surface area contributed by atoms with Crippen LogP contribution in [0.1, 0.15) is 30.8 Å². The molecule has 1 amide bonds. The molecule has 0 bridgehead atoms. The lowest BCUT2D eigenvalue weighted by Crippen LogP contribution is -2.50. The van der Waals surface area contributed by atoms with Crippen molar-refractivity contribution in [3.63, 3.8) is 0 Å². The first kappa shape index (κ1) is 22.7. The van der Waals surface area contributed by atoms with Crippen molar-refractivity contribution in [3.8, 4) is 28.6 Å². The molecule has 182 valence electrons. The number of hydrogen-bond donors (Lipinski definition) is 1. The molecule has 2 aromatic carbocycles. The van der Waals surface area contributed by atoms with E-state index in [1.165, 1.54) is 5.01 Å². The summed E-state index contributed by atoms with van der Waals surface area (Å²) in [7, 11) is 3.13. The number of aromatic nitrogens is 2. The van der Waals surface area contributed by atoms with Crippen LogP contribution < -0.4 is 19.6 Å². The van der Waals surface area contributed by atoms with Crippen molar-refractivity contribution in [3.05, 3.63) is 53.9 Å². The molecule has 5 rings (SSSR count). The van der Waals surface area contributed by atoms with E-state index in [4.69, 9.17) is 18.7 Å². The van der Waals surface area contributed by atoms with E-state index in [-0.39, 0.29) is 30.4 Å². The second kappa shape index (κ2) is 9.63. The smallest absolute Gasteiger partial charge is 0.267 e. The molecular formula is C24H26N6O5. The summed E-state index contributed by atoms with van der Waals surface area (Å²) in [5, 5.41) is 11.4. The highest BCUT2D eigenvalue weighted by Crippen LogP contribution is 2.32. The van der Waals surface area contributed by atoms with E-state index >= 15 is 0 Å². The number of hydrogen-bond acceptors (Lipinski definition) is 10. The standard InChI is InChI=1S/C24H26N6O5/c1-4-34-17-8-5-15(6-9-17)18-12-19-24(31)29(25-14-30(19)27-18)13-22-26-23(28-35-22)16-7-10-20(32-2)21(11-16)33-3/h5-11,14,18-19,27H,4,12-13H2,1-3H3. The summed E-state index contributed by atoms with van der Waals surface area (Å²) in [6.45, 7) is 2.65. The van der Waals surface area contributed by atoms with Crippen molar-refractivity contribution < 1.29 is 23.5 Å². The molecule has 35 heavy (non-hydrogen) atoms. The highest BCUT2D eigenvalue weighted by Gasteiger charge is 2.41. The third-order valence-electron chi connectivity index (χ3n) is 5.94. The summed E-state index contributed by atoms with van der Waals surface area (Å²) in [5.41, 5.74) is 5.12. The van der Waals surface area contributed by atoms with Crippen LogP contribution in [0.2, 0.25) is 0 Å². The van der Waals surface area contributed by atoms with E-state index in [0.29, 0.717) is 35.9 Å². The summed E-state index contributed by atoms with van der Waals surface area (Å²) in [5.74, 6) is 2.51. The lowest BCUT2D eigenvalue weighted by molar-refractivity contribution is -0.137. The minimum Gasteiger partial charge on any atom is -0.494 e. The number of benzene rings is 2. The molecule has 11 heteroatoms. The van der Waals surface area contributed by atoms with Crippen LogP contribution in [0.4, 0.5) is 0 Å². The first-order valence-electron chi connectivity index (χ1n) is 11.3. The molecule has 3 aromatic rings. The first-order valence-corrected chi connectivity index (χ1v) is 11.3. The van der Waals surface area contributed by atoms with Gasteiger partial charge in [0.25, 0.3) is 5.91 Å². The van der Waals surface area contributed by atoms with Gasteiger partial charge in [-0.3, -0.25) is 9.80 Å². The number of hydrazone groups is 1. The maximum absolute atomic E-state index is 13.1. The summed E-state index contributed by atoms with van der Waals surface area (Å²) < 4.78 is 21.5. The van der Waals surface area contributed by atoms with Crippen LogP contribution in [0.25, 0.3) is 11.4 Å². The normalized spacial score (nSPS) is 19.1. The van der Waals surface area contributed by atoms with E-state index in [1.807, 2.05) is 37.3 Å². The van der Waals surface area contributed by atoms with E-state index in [9.17, 15) is 4.79 Å². The van der Waals surface area contributed by atoms with E-state index in [2.05, 4.69) is 20.7 Å². The van der Waals surface area contributed by atoms with Crippen LogP contribution in [0.5, 0.6) is 17.2 Å². The van der Waals surface area contributed by atoms with Crippen LogP contribution in [0.15, 0.2) is 52.1 Å². The minimum atomic E-state index is -0.377. The molecule has 0 radical (unpaired) electrons. The van der Waals surface area contributed by atoms with E-state index in [1.54, 1.807) is 37.7 Å². The quantitative estimate of drug-likeness (QED) is 0.522. The molecule has 2 aliphatic heterocycles. The van der Waals surface area contributed by atoms with Crippen molar-refractivity contribution in [2.75, 3.05) is 20.8 Å². The average molecular weight is 479 g/mol. The van der Waals surface area contributed by atoms with Gasteiger partial charge in [-0.25, -0.2) is 10.4 Å².